The van der Waals surface area contributed by atoms with E-state index in [-0.39, 0.29) is 25.4 Å². The van der Waals surface area contributed by atoms with Crippen LogP contribution < -0.4 is 14.8 Å². The SMILES string of the molecule is CCCc1ccc(C(=O)CCC(=O)O[C@@H](C)C(=O)Nc2ccc3c(c2)OCO3)cc1. The van der Waals surface area contributed by atoms with Gasteiger partial charge in [-0.05, 0) is 31.0 Å². The van der Waals surface area contributed by atoms with Crippen molar-refractivity contribution >= 4 is 23.3 Å². The first-order valence-corrected chi connectivity index (χ1v) is 9.98. The van der Waals surface area contributed by atoms with Crippen LogP contribution in [0, 0.1) is 0 Å². The van der Waals surface area contributed by atoms with E-state index in [0.29, 0.717) is 22.7 Å². The van der Waals surface area contributed by atoms with Gasteiger partial charge in [0.15, 0.2) is 23.4 Å². The Hall–Kier alpha value is -3.35. The van der Waals surface area contributed by atoms with E-state index >= 15 is 0 Å². The van der Waals surface area contributed by atoms with Gasteiger partial charge >= 0.3 is 5.97 Å². The fourth-order valence-corrected chi connectivity index (χ4v) is 3.03. The number of benzene rings is 2. The summed E-state index contributed by atoms with van der Waals surface area (Å²) in [4.78, 5) is 36.6. The lowest BCUT2D eigenvalue weighted by Crippen LogP contribution is -2.30. The number of amides is 1. The minimum Gasteiger partial charge on any atom is -0.454 e. The van der Waals surface area contributed by atoms with Gasteiger partial charge in [-0.15, -0.1) is 0 Å². The Bertz CT molecular complexity index is 922. The van der Waals surface area contributed by atoms with Crippen molar-refractivity contribution in [2.45, 2.75) is 45.6 Å². The number of anilines is 1. The van der Waals surface area contributed by atoms with E-state index in [0.717, 1.165) is 12.8 Å². The van der Waals surface area contributed by atoms with E-state index < -0.39 is 18.0 Å². The van der Waals surface area contributed by atoms with Crippen LogP contribution in [-0.4, -0.2) is 30.6 Å². The summed E-state index contributed by atoms with van der Waals surface area (Å²) in [7, 11) is 0. The molecular weight excluding hydrogens is 386 g/mol. The summed E-state index contributed by atoms with van der Waals surface area (Å²) in [6.07, 6.45) is 0.956. The molecular formula is C23H25NO6. The van der Waals surface area contributed by atoms with E-state index in [1.54, 1.807) is 30.3 Å². The molecule has 2 aromatic carbocycles. The van der Waals surface area contributed by atoms with Crippen molar-refractivity contribution < 1.29 is 28.6 Å². The van der Waals surface area contributed by atoms with Crippen LogP contribution in [0.2, 0.25) is 0 Å². The average Bonchev–Trinajstić information content (AvgIpc) is 3.20. The number of rotatable bonds is 9. The Balaban J connectivity index is 1.44. The number of ketones is 1. The number of carbonyl (C=O) groups is 3. The molecule has 158 valence electrons. The van der Waals surface area contributed by atoms with E-state index in [1.807, 2.05) is 12.1 Å². The molecule has 0 radical (unpaired) electrons. The monoisotopic (exact) mass is 411 g/mol. The topological polar surface area (TPSA) is 90.9 Å². The molecule has 1 atom stereocenters. The van der Waals surface area contributed by atoms with Gasteiger partial charge in [-0.25, -0.2) is 0 Å². The molecule has 0 saturated heterocycles. The third kappa shape index (κ3) is 5.59. The molecule has 1 heterocycles. The van der Waals surface area contributed by atoms with Crippen LogP contribution >= 0.6 is 0 Å². The molecule has 0 unspecified atom stereocenters. The maximum Gasteiger partial charge on any atom is 0.307 e. The van der Waals surface area contributed by atoms with Gasteiger partial charge in [0.1, 0.15) is 0 Å². The molecule has 0 spiro atoms. The number of nitrogens with one attached hydrogen (secondary N) is 1. The lowest BCUT2D eigenvalue weighted by atomic mass is 10.0. The highest BCUT2D eigenvalue weighted by Crippen LogP contribution is 2.34. The maximum atomic E-state index is 12.3. The predicted molar refractivity (Wildman–Crippen MR) is 111 cm³/mol. The second kappa shape index (κ2) is 9.91. The second-order valence-corrected chi connectivity index (χ2v) is 7.06. The molecule has 1 N–H and O–H groups in total. The Morgan fingerprint density at radius 3 is 2.50 bits per heavy atom. The van der Waals surface area contributed by atoms with E-state index in [2.05, 4.69) is 12.2 Å². The summed E-state index contributed by atoms with van der Waals surface area (Å²) in [5.74, 6) is -0.0531. The molecule has 2 aromatic rings. The van der Waals surface area contributed by atoms with Gasteiger partial charge in [0.2, 0.25) is 6.79 Å². The van der Waals surface area contributed by atoms with Gasteiger partial charge < -0.3 is 19.5 Å². The minimum atomic E-state index is -0.994. The minimum absolute atomic E-state index is 0.0302. The van der Waals surface area contributed by atoms with Crippen molar-refractivity contribution in [3.8, 4) is 11.5 Å². The van der Waals surface area contributed by atoms with Gasteiger partial charge in [0, 0.05) is 23.7 Å². The molecule has 0 aliphatic carbocycles. The van der Waals surface area contributed by atoms with Crippen LogP contribution in [0.5, 0.6) is 11.5 Å². The number of ether oxygens (including phenoxy) is 3. The first-order chi connectivity index (χ1) is 14.5. The van der Waals surface area contributed by atoms with Crippen LogP contribution in [0.15, 0.2) is 42.5 Å². The summed E-state index contributed by atoms with van der Waals surface area (Å²) < 4.78 is 15.6. The standard InChI is InChI=1S/C23H25NO6/c1-3-4-16-5-7-17(8-6-16)19(25)10-12-22(26)30-15(2)23(27)24-18-9-11-20-21(13-18)29-14-28-20/h5-9,11,13,15H,3-4,10,12,14H2,1-2H3,(H,24,27)/t15-/m0/s1. The quantitative estimate of drug-likeness (QED) is 0.497. The first kappa shape index (κ1) is 21.4. The normalized spacial score (nSPS) is 12.9. The molecule has 0 bridgehead atoms. The molecule has 1 aliphatic rings. The van der Waals surface area contributed by atoms with Crippen LogP contribution in [0.3, 0.4) is 0 Å². The Kier molecular flexibility index (Phi) is 7.06. The molecule has 1 amide bonds. The summed E-state index contributed by atoms with van der Waals surface area (Å²) >= 11 is 0. The average molecular weight is 411 g/mol. The predicted octanol–water partition coefficient (Wildman–Crippen LogP) is 3.90. The smallest absolute Gasteiger partial charge is 0.307 e. The first-order valence-electron chi connectivity index (χ1n) is 9.98. The number of carbonyl (C=O) groups excluding carboxylic acids is 3. The summed E-state index contributed by atoms with van der Waals surface area (Å²) in [6, 6.07) is 12.4. The van der Waals surface area contributed by atoms with Gasteiger partial charge in [0.25, 0.3) is 5.91 Å². The number of hydrogen-bond donors (Lipinski definition) is 1. The van der Waals surface area contributed by atoms with Crippen molar-refractivity contribution in [3.05, 3.63) is 53.6 Å². The fourth-order valence-electron chi connectivity index (χ4n) is 3.03. The van der Waals surface area contributed by atoms with Gasteiger partial charge in [0.05, 0.1) is 6.42 Å². The fraction of sp³-hybridized carbons (Fsp3) is 0.348. The van der Waals surface area contributed by atoms with E-state index in [9.17, 15) is 14.4 Å². The van der Waals surface area contributed by atoms with Crippen molar-refractivity contribution in [1.29, 1.82) is 0 Å². The molecule has 7 heteroatoms. The van der Waals surface area contributed by atoms with E-state index in [4.69, 9.17) is 14.2 Å². The molecule has 0 saturated carbocycles. The van der Waals surface area contributed by atoms with Gasteiger partial charge in [-0.3, -0.25) is 14.4 Å². The number of aryl methyl sites for hydroxylation is 1. The largest absolute Gasteiger partial charge is 0.454 e. The Morgan fingerprint density at radius 1 is 1.03 bits per heavy atom. The molecule has 1 aliphatic heterocycles. The number of Topliss-reactive ketones (excluding diaryl/α,β-unsaturated/α-hetero) is 1. The highest BCUT2D eigenvalue weighted by atomic mass is 16.7. The zero-order valence-electron chi connectivity index (χ0n) is 17.1. The third-order valence-corrected chi connectivity index (χ3v) is 4.69. The van der Waals surface area contributed by atoms with E-state index in [1.165, 1.54) is 12.5 Å². The van der Waals surface area contributed by atoms with Gasteiger partial charge in [-0.2, -0.15) is 0 Å². The highest BCUT2D eigenvalue weighted by molar-refractivity contribution is 5.98. The summed E-state index contributed by atoms with van der Waals surface area (Å²) in [5.41, 5.74) is 2.25. The zero-order chi connectivity index (χ0) is 21.5. The van der Waals surface area contributed by atoms with Crippen LogP contribution in [0.25, 0.3) is 0 Å². The molecule has 30 heavy (non-hydrogen) atoms. The third-order valence-electron chi connectivity index (χ3n) is 4.69. The lowest BCUT2D eigenvalue weighted by Gasteiger charge is -2.13. The van der Waals surface area contributed by atoms with Crippen molar-refractivity contribution in [1.82, 2.24) is 0 Å². The second-order valence-electron chi connectivity index (χ2n) is 7.06. The summed E-state index contributed by atoms with van der Waals surface area (Å²) in [5, 5.41) is 2.66. The molecule has 3 rings (SSSR count). The van der Waals surface area contributed by atoms with Crippen molar-refractivity contribution in [2.24, 2.45) is 0 Å². The molecule has 7 nitrogen and oxygen atoms in total. The van der Waals surface area contributed by atoms with Crippen LogP contribution in [0.4, 0.5) is 5.69 Å². The van der Waals surface area contributed by atoms with Crippen LogP contribution in [0.1, 0.15) is 49.0 Å². The van der Waals surface area contributed by atoms with Gasteiger partial charge in [-0.1, -0.05) is 37.6 Å². The Morgan fingerprint density at radius 2 is 1.77 bits per heavy atom. The Labute approximate surface area is 175 Å². The van der Waals surface area contributed by atoms with Crippen molar-refractivity contribution in [2.75, 3.05) is 12.1 Å². The van der Waals surface area contributed by atoms with Crippen molar-refractivity contribution in [3.63, 3.8) is 0 Å². The molecule has 0 fully saturated rings. The zero-order valence-corrected chi connectivity index (χ0v) is 17.1. The summed E-state index contributed by atoms with van der Waals surface area (Å²) in [6.45, 7) is 3.72. The number of esters is 1. The number of fused-ring (bicyclic) bond motifs is 1. The highest BCUT2D eigenvalue weighted by Gasteiger charge is 2.20. The maximum absolute atomic E-state index is 12.3. The van der Waals surface area contributed by atoms with Crippen LogP contribution in [-0.2, 0) is 20.7 Å². The lowest BCUT2D eigenvalue weighted by molar-refractivity contribution is -0.153. The number of hydrogen-bond acceptors (Lipinski definition) is 6. The molecule has 0 aromatic heterocycles.